The van der Waals surface area contributed by atoms with Crippen LogP contribution in [0.25, 0.3) is 21.8 Å². The van der Waals surface area contributed by atoms with Crippen LogP contribution in [0.2, 0.25) is 0 Å². The number of hydrogen-bond acceptors (Lipinski definition) is 3. The maximum atomic E-state index is 11.5. The third-order valence-electron chi connectivity index (χ3n) is 3.45. The summed E-state index contributed by atoms with van der Waals surface area (Å²) in [4.78, 5) is 15.6. The number of hydrogen-bond donors (Lipinski definition) is 2. The zero-order valence-electron chi connectivity index (χ0n) is 10.8. The van der Waals surface area contributed by atoms with Gasteiger partial charge in [-0.05, 0) is 30.5 Å². The van der Waals surface area contributed by atoms with Gasteiger partial charge < -0.3 is 10.2 Å². The lowest BCUT2D eigenvalue weighted by molar-refractivity contribution is 0.198. The molecule has 1 aromatic carbocycles. The number of aryl methyl sites for hydroxylation is 1. The molecule has 0 saturated carbocycles. The molecule has 5 heteroatoms. The zero-order valence-corrected chi connectivity index (χ0v) is 10.8. The lowest BCUT2D eigenvalue weighted by atomic mass is 10.1. The summed E-state index contributed by atoms with van der Waals surface area (Å²) in [5.74, 6) is 0. The van der Waals surface area contributed by atoms with Crippen molar-refractivity contribution in [3.63, 3.8) is 0 Å². The molecule has 0 fully saturated rings. The van der Waals surface area contributed by atoms with Crippen LogP contribution in [0.5, 0.6) is 0 Å². The number of nitrogens with zero attached hydrogens (tertiary/aromatic N) is 2. The first-order valence-corrected chi connectivity index (χ1v) is 6.43. The molecule has 0 bridgehead atoms. The Morgan fingerprint density at radius 1 is 1.20 bits per heavy atom. The van der Waals surface area contributed by atoms with E-state index in [0.29, 0.717) is 17.5 Å². The van der Waals surface area contributed by atoms with Crippen molar-refractivity contribution in [1.82, 2.24) is 9.55 Å². The number of pyridine rings is 1. The van der Waals surface area contributed by atoms with Crippen molar-refractivity contribution in [2.75, 3.05) is 6.61 Å². The van der Waals surface area contributed by atoms with E-state index in [1.54, 1.807) is 18.5 Å². The fourth-order valence-corrected chi connectivity index (χ4v) is 2.55. The molecular formula is C15H14N2O3. The first-order chi connectivity index (χ1) is 9.72. The van der Waals surface area contributed by atoms with Crippen molar-refractivity contribution >= 4 is 27.9 Å². The second-order valence-corrected chi connectivity index (χ2v) is 4.69. The summed E-state index contributed by atoms with van der Waals surface area (Å²) in [6.45, 7) is 0.129. The molecule has 20 heavy (non-hydrogen) atoms. The molecule has 2 N–H and O–H groups in total. The maximum Gasteiger partial charge on any atom is 0.416 e. The van der Waals surface area contributed by atoms with Crippen molar-refractivity contribution in [2.24, 2.45) is 0 Å². The van der Waals surface area contributed by atoms with Gasteiger partial charge in [-0.15, -0.1) is 0 Å². The molecule has 0 unspecified atom stereocenters. The minimum absolute atomic E-state index is 0.129. The number of aliphatic hydroxyl groups excluding tert-OH is 1. The Labute approximate surface area is 115 Å². The summed E-state index contributed by atoms with van der Waals surface area (Å²) < 4.78 is 1.29. The molecule has 2 heterocycles. The number of fused-ring (bicyclic) bond motifs is 3. The van der Waals surface area contributed by atoms with Crippen LogP contribution in [0.1, 0.15) is 12.0 Å². The Kier molecular flexibility index (Phi) is 3.12. The zero-order chi connectivity index (χ0) is 14.1. The van der Waals surface area contributed by atoms with E-state index in [9.17, 15) is 9.90 Å². The van der Waals surface area contributed by atoms with E-state index in [2.05, 4.69) is 4.98 Å². The Bertz CT molecular complexity index is 792. The van der Waals surface area contributed by atoms with E-state index in [1.165, 1.54) is 4.57 Å². The average molecular weight is 270 g/mol. The molecule has 0 atom stereocenters. The second-order valence-electron chi connectivity index (χ2n) is 4.69. The van der Waals surface area contributed by atoms with Gasteiger partial charge in [0, 0.05) is 29.8 Å². The highest BCUT2D eigenvalue weighted by molar-refractivity contribution is 6.12. The topological polar surface area (TPSA) is 75.3 Å². The lowest BCUT2D eigenvalue weighted by Gasteiger charge is -2.03. The van der Waals surface area contributed by atoms with Crippen LogP contribution < -0.4 is 0 Å². The molecule has 3 aromatic rings. The summed E-state index contributed by atoms with van der Waals surface area (Å²) >= 11 is 0. The predicted octanol–water partition coefficient (Wildman–Crippen LogP) is 2.64. The van der Waals surface area contributed by atoms with Gasteiger partial charge in [0.2, 0.25) is 0 Å². The fourth-order valence-electron chi connectivity index (χ4n) is 2.55. The predicted molar refractivity (Wildman–Crippen MR) is 76.1 cm³/mol. The molecule has 102 valence electrons. The standard InChI is InChI=1S/C15H14N2O3/c18-7-1-2-10-3-4-11-12-9-16-6-5-13(12)17(15(19)20)14(11)8-10/h3-6,8-9,18H,1-2,7H2,(H,19,20). The van der Waals surface area contributed by atoms with E-state index in [0.717, 1.165) is 22.8 Å². The molecule has 0 aliphatic heterocycles. The molecule has 0 aliphatic carbocycles. The normalized spacial score (nSPS) is 11.2. The molecule has 0 amide bonds. The van der Waals surface area contributed by atoms with Crippen LogP contribution in [-0.4, -0.2) is 32.5 Å². The Morgan fingerprint density at radius 3 is 2.80 bits per heavy atom. The van der Waals surface area contributed by atoms with Crippen molar-refractivity contribution < 1.29 is 15.0 Å². The minimum atomic E-state index is -1.00. The van der Waals surface area contributed by atoms with Gasteiger partial charge in [-0.2, -0.15) is 0 Å². The van der Waals surface area contributed by atoms with Crippen LogP contribution in [-0.2, 0) is 6.42 Å². The van der Waals surface area contributed by atoms with Gasteiger partial charge in [0.15, 0.2) is 0 Å². The van der Waals surface area contributed by atoms with Gasteiger partial charge in [-0.3, -0.25) is 4.98 Å². The molecule has 3 rings (SSSR count). The molecule has 2 aromatic heterocycles. The summed E-state index contributed by atoms with van der Waals surface area (Å²) in [7, 11) is 0. The van der Waals surface area contributed by atoms with Gasteiger partial charge >= 0.3 is 6.09 Å². The SMILES string of the molecule is O=C(O)n1c2ccncc2c2ccc(CCCO)cc21. The van der Waals surface area contributed by atoms with Crippen molar-refractivity contribution in [3.05, 3.63) is 42.2 Å². The molecule has 0 spiro atoms. The highest BCUT2D eigenvalue weighted by Gasteiger charge is 2.15. The van der Waals surface area contributed by atoms with Gasteiger partial charge in [0.05, 0.1) is 11.0 Å². The average Bonchev–Trinajstić information content (AvgIpc) is 2.78. The van der Waals surface area contributed by atoms with E-state index in [1.807, 2.05) is 18.2 Å². The van der Waals surface area contributed by atoms with Crippen LogP contribution in [0.4, 0.5) is 4.79 Å². The number of rotatable bonds is 3. The first kappa shape index (κ1) is 12.6. The molecule has 0 saturated heterocycles. The first-order valence-electron chi connectivity index (χ1n) is 6.43. The second kappa shape index (κ2) is 4.94. The highest BCUT2D eigenvalue weighted by Crippen LogP contribution is 2.29. The number of carbonyl (C=O) groups is 1. The van der Waals surface area contributed by atoms with Gasteiger partial charge in [0.25, 0.3) is 0 Å². The van der Waals surface area contributed by atoms with Gasteiger partial charge in [-0.1, -0.05) is 12.1 Å². The monoisotopic (exact) mass is 270 g/mol. The summed E-state index contributed by atoms with van der Waals surface area (Å²) in [6, 6.07) is 7.47. The summed E-state index contributed by atoms with van der Waals surface area (Å²) in [6.07, 6.45) is 3.67. The van der Waals surface area contributed by atoms with Crippen molar-refractivity contribution in [1.29, 1.82) is 0 Å². The number of benzene rings is 1. The fraction of sp³-hybridized carbons (Fsp3) is 0.200. The highest BCUT2D eigenvalue weighted by atomic mass is 16.4. The smallest absolute Gasteiger partial charge is 0.416 e. The number of carboxylic acid groups (broad SMARTS) is 1. The lowest BCUT2D eigenvalue weighted by Crippen LogP contribution is -2.07. The van der Waals surface area contributed by atoms with E-state index >= 15 is 0 Å². The number of aromatic nitrogens is 2. The van der Waals surface area contributed by atoms with E-state index < -0.39 is 6.09 Å². The molecule has 0 aliphatic rings. The Hall–Kier alpha value is -2.40. The summed E-state index contributed by atoms with van der Waals surface area (Å²) in [5.41, 5.74) is 2.32. The van der Waals surface area contributed by atoms with E-state index in [-0.39, 0.29) is 6.61 Å². The van der Waals surface area contributed by atoms with E-state index in [4.69, 9.17) is 5.11 Å². The largest absolute Gasteiger partial charge is 0.464 e. The summed E-state index contributed by atoms with van der Waals surface area (Å²) in [5, 5.41) is 20.0. The van der Waals surface area contributed by atoms with Crippen LogP contribution in [0.15, 0.2) is 36.7 Å². The van der Waals surface area contributed by atoms with Crippen molar-refractivity contribution in [2.45, 2.75) is 12.8 Å². The van der Waals surface area contributed by atoms with Crippen molar-refractivity contribution in [3.8, 4) is 0 Å². The van der Waals surface area contributed by atoms with Gasteiger partial charge in [-0.25, -0.2) is 9.36 Å². The van der Waals surface area contributed by atoms with Crippen LogP contribution >= 0.6 is 0 Å². The van der Waals surface area contributed by atoms with Crippen LogP contribution in [0, 0.1) is 0 Å². The molecular weight excluding hydrogens is 256 g/mol. The Balaban J connectivity index is 2.30. The number of aliphatic hydroxyl groups is 1. The quantitative estimate of drug-likeness (QED) is 0.767. The van der Waals surface area contributed by atoms with Crippen LogP contribution in [0.3, 0.4) is 0 Å². The maximum absolute atomic E-state index is 11.5. The molecule has 0 radical (unpaired) electrons. The third kappa shape index (κ3) is 1.92. The van der Waals surface area contributed by atoms with Gasteiger partial charge in [0.1, 0.15) is 0 Å². The molecule has 5 nitrogen and oxygen atoms in total. The Morgan fingerprint density at radius 2 is 2.05 bits per heavy atom. The minimum Gasteiger partial charge on any atom is -0.464 e. The third-order valence-corrected chi connectivity index (χ3v) is 3.45.